The fourth-order valence-electron chi connectivity index (χ4n) is 2.82. The summed E-state index contributed by atoms with van der Waals surface area (Å²) in [6, 6.07) is 5.27. The van der Waals surface area contributed by atoms with Gasteiger partial charge in [0.1, 0.15) is 11.2 Å². The van der Waals surface area contributed by atoms with E-state index >= 15 is 0 Å². The average molecular weight is 327 g/mol. The monoisotopic (exact) mass is 327 g/mol. The van der Waals surface area contributed by atoms with Gasteiger partial charge in [0.05, 0.1) is 12.8 Å². The Bertz CT molecular complexity index is 700. The van der Waals surface area contributed by atoms with E-state index in [2.05, 4.69) is 5.32 Å². The topological polar surface area (TPSA) is 55.4 Å². The molecule has 0 fully saturated rings. The number of amides is 1. The number of ketones is 1. The second kappa shape index (κ2) is 7.04. The van der Waals surface area contributed by atoms with Crippen LogP contribution in [-0.4, -0.2) is 18.8 Å². The van der Waals surface area contributed by atoms with Crippen molar-refractivity contribution in [1.29, 1.82) is 0 Å². The maximum Gasteiger partial charge on any atom is 0.239 e. The van der Waals surface area contributed by atoms with Gasteiger partial charge in [0, 0.05) is 5.56 Å². The van der Waals surface area contributed by atoms with Crippen LogP contribution in [0.5, 0.6) is 5.75 Å². The second-order valence-corrected chi connectivity index (χ2v) is 6.72. The summed E-state index contributed by atoms with van der Waals surface area (Å²) in [5, 5.41) is 2.90. The van der Waals surface area contributed by atoms with Crippen molar-refractivity contribution in [2.75, 3.05) is 12.4 Å². The molecule has 0 radical (unpaired) electrons. The van der Waals surface area contributed by atoms with E-state index in [0.29, 0.717) is 29.8 Å². The number of rotatable bonds is 5. The Balaban J connectivity index is 2.58. The first kappa shape index (κ1) is 18.0. The average Bonchev–Trinajstić information content (AvgIpc) is 2.53. The number of ether oxygens (including phenoxy) is 1. The van der Waals surface area contributed by atoms with E-state index in [9.17, 15) is 9.59 Å². The largest absolute Gasteiger partial charge is 0.495 e. The van der Waals surface area contributed by atoms with Crippen molar-refractivity contribution in [3.8, 4) is 5.75 Å². The molecule has 0 saturated carbocycles. The Morgan fingerprint density at radius 2 is 1.67 bits per heavy atom. The highest BCUT2D eigenvalue weighted by Crippen LogP contribution is 2.43. The summed E-state index contributed by atoms with van der Waals surface area (Å²) in [6.45, 7) is 7.88. The van der Waals surface area contributed by atoms with Crippen molar-refractivity contribution in [1.82, 2.24) is 0 Å². The number of nitrogens with one attached hydrogen (secondary N) is 1. The normalized spacial score (nSPS) is 15.2. The molecule has 0 unspecified atom stereocenters. The maximum absolute atomic E-state index is 13.3. The van der Waals surface area contributed by atoms with Gasteiger partial charge in [-0.05, 0) is 52.7 Å². The molecule has 2 rings (SSSR count). The number of allylic oxidation sites excluding steroid dienone is 4. The summed E-state index contributed by atoms with van der Waals surface area (Å²) < 4.78 is 5.28. The summed E-state index contributed by atoms with van der Waals surface area (Å²) >= 11 is 0. The molecule has 0 aromatic heterocycles. The Morgan fingerprint density at radius 1 is 1.08 bits per heavy atom. The molecule has 1 aliphatic rings. The number of anilines is 1. The van der Waals surface area contributed by atoms with Crippen molar-refractivity contribution >= 4 is 17.4 Å². The van der Waals surface area contributed by atoms with Crippen LogP contribution in [-0.2, 0) is 4.79 Å². The van der Waals surface area contributed by atoms with Crippen LogP contribution in [0.2, 0.25) is 0 Å². The van der Waals surface area contributed by atoms with Crippen LogP contribution < -0.4 is 10.1 Å². The molecule has 1 aliphatic heterocycles. The summed E-state index contributed by atoms with van der Waals surface area (Å²) in [5.74, 6) is 0.0990. The molecule has 4 nitrogen and oxygen atoms in total. The van der Waals surface area contributed by atoms with Crippen LogP contribution in [0.15, 0.2) is 41.5 Å². The molecule has 0 bridgehead atoms. The van der Waals surface area contributed by atoms with Crippen molar-refractivity contribution in [2.45, 2.75) is 40.5 Å². The molecule has 4 heteroatoms. The van der Waals surface area contributed by atoms with Gasteiger partial charge in [0.2, 0.25) is 5.91 Å². The predicted molar refractivity (Wildman–Crippen MR) is 96.5 cm³/mol. The Hall–Kier alpha value is -2.36. The number of benzene rings is 1. The molecule has 0 saturated heterocycles. The van der Waals surface area contributed by atoms with E-state index < -0.39 is 5.41 Å². The predicted octanol–water partition coefficient (Wildman–Crippen LogP) is 4.53. The molecule has 24 heavy (non-hydrogen) atoms. The molecule has 1 N–H and O–H groups in total. The number of hydrogen-bond donors (Lipinski definition) is 1. The van der Waals surface area contributed by atoms with Gasteiger partial charge in [0.15, 0.2) is 5.78 Å². The minimum atomic E-state index is -1.10. The first-order valence-electron chi connectivity index (χ1n) is 8.12. The quantitative estimate of drug-likeness (QED) is 0.638. The van der Waals surface area contributed by atoms with Gasteiger partial charge < -0.3 is 10.1 Å². The van der Waals surface area contributed by atoms with E-state index in [4.69, 9.17) is 4.74 Å². The molecule has 0 atom stereocenters. The maximum atomic E-state index is 13.3. The van der Waals surface area contributed by atoms with Crippen molar-refractivity contribution in [2.24, 2.45) is 5.41 Å². The molecule has 1 heterocycles. The molecule has 1 aromatic rings. The van der Waals surface area contributed by atoms with Crippen LogP contribution >= 0.6 is 0 Å². The SMILES string of the molecule is COc1cccc2c1NC(=O)C(CC=C(C)C)(CC=C(C)C)C2=O. The summed E-state index contributed by atoms with van der Waals surface area (Å²) in [5.41, 5.74) is 2.05. The third-order valence-corrected chi connectivity index (χ3v) is 4.32. The van der Waals surface area contributed by atoms with Crippen LogP contribution in [0.1, 0.15) is 50.9 Å². The smallest absolute Gasteiger partial charge is 0.239 e. The Kier molecular flexibility index (Phi) is 5.27. The van der Waals surface area contributed by atoms with E-state index in [1.807, 2.05) is 39.8 Å². The standard InChI is InChI=1S/C20H25NO3/c1-13(2)9-11-20(12-10-14(3)4)18(22)15-7-6-8-16(24-5)17(15)21-19(20)23/h6-10H,11-12H2,1-5H3,(H,21,23). The summed E-state index contributed by atoms with van der Waals surface area (Å²) in [4.78, 5) is 26.2. The first-order chi connectivity index (χ1) is 11.3. The van der Waals surface area contributed by atoms with E-state index in [-0.39, 0.29) is 11.7 Å². The minimum absolute atomic E-state index is 0.143. The zero-order valence-corrected chi connectivity index (χ0v) is 15.0. The fourth-order valence-corrected chi connectivity index (χ4v) is 2.82. The van der Waals surface area contributed by atoms with Crippen molar-refractivity contribution < 1.29 is 14.3 Å². The van der Waals surface area contributed by atoms with Crippen LogP contribution in [0, 0.1) is 5.41 Å². The number of para-hydroxylation sites is 1. The number of methoxy groups -OCH3 is 1. The highest BCUT2D eigenvalue weighted by atomic mass is 16.5. The van der Waals surface area contributed by atoms with Gasteiger partial charge in [-0.25, -0.2) is 0 Å². The second-order valence-electron chi connectivity index (χ2n) is 6.72. The zero-order chi connectivity index (χ0) is 17.9. The van der Waals surface area contributed by atoms with Gasteiger partial charge in [0.25, 0.3) is 0 Å². The molecule has 128 valence electrons. The zero-order valence-electron chi connectivity index (χ0n) is 15.0. The van der Waals surface area contributed by atoms with Gasteiger partial charge in [-0.1, -0.05) is 29.4 Å². The fraction of sp³-hybridized carbons (Fsp3) is 0.400. The van der Waals surface area contributed by atoms with Crippen LogP contribution in [0.3, 0.4) is 0 Å². The first-order valence-corrected chi connectivity index (χ1v) is 8.12. The van der Waals surface area contributed by atoms with Crippen LogP contribution in [0.4, 0.5) is 5.69 Å². The summed E-state index contributed by atoms with van der Waals surface area (Å²) in [6.07, 6.45) is 4.70. The summed E-state index contributed by atoms with van der Waals surface area (Å²) in [7, 11) is 1.53. The van der Waals surface area contributed by atoms with Gasteiger partial charge >= 0.3 is 0 Å². The Labute approximate surface area is 143 Å². The molecule has 0 spiro atoms. The van der Waals surface area contributed by atoms with E-state index in [1.54, 1.807) is 18.2 Å². The molecule has 0 aliphatic carbocycles. The third-order valence-electron chi connectivity index (χ3n) is 4.32. The number of Topliss-reactive ketones (excluding diaryl/α,β-unsaturated/α-hetero) is 1. The number of hydrogen-bond acceptors (Lipinski definition) is 3. The molecule has 1 aromatic carbocycles. The van der Waals surface area contributed by atoms with E-state index in [1.165, 1.54) is 7.11 Å². The highest BCUT2D eigenvalue weighted by molar-refractivity contribution is 6.25. The lowest BCUT2D eigenvalue weighted by Gasteiger charge is -2.35. The van der Waals surface area contributed by atoms with Crippen molar-refractivity contribution in [3.63, 3.8) is 0 Å². The van der Waals surface area contributed by atoms with Crippen LogP contribution in [0.25, 0.3) is 0 Å². The minimum Gasteiger partial charge on any atom is -0.495 e. The third kappa shape index (κ3) is 3.28. The number of carbonyl (C=O) groups excluding carboxylic acids is 2. The highest BCUT2D eigenvalue weighted by Gasteiger charge is 2.48. The lowest BCUT2D eigenvalue weighted by atomic mass is 9.71. The lowest BCUT2D eigenvalue weighted by molar-refractivity contribution is -0.123. The number of carbonyl (C=O) groups is 2. The lowest BCUT2D eigenvalue weighted by Crippen LogP contribution is -2.46. The Morgan fingerprint density at radius 3 is 2.17 bits per heavy atom. The van der Waals surface area contributed by atoms with Gasteiger partial charge in [-0.3, -0.25) is 9.59 Å². The molecular formula is C20H25NO3. The van der Waals surface area contributed by atoms with Crippen molar-refractivity contribution in [3.05, 3.63) is 47.1 Å². The van der Waals surface area contributed by atoms with Gasteiger partial charge in [-0.2, -0.15) is 0 Å². The molecular weight excluding hydrogens is 302 g/mol. The molecule has 1 amide bonds. The van der Waals surface area contributed by atoms with Gasteiger partial charge in [-0.15, -0.1) is 0 Å². The van der Waals surface area contributed by atoms with E-state index in [0.717, 1.165) is 11.1 Å². The number of fused-ring (bicyclic) bond motifs is 1.